The molecule has 0 radical (unpaired) electrons. The molecule has 0 aliphatic rings. The predicted molar refractivity (Wildman–Crippen MR) is 84.5 cm³/mol. The SMILES string of the molecule is CCC(C)Nc1ccc(C(=O)Nc2ccc(C)cc2)nn1. The Kier molecular flexibility index (Phi) is 4.87. The average Bonchev–Trinajstić information content (AvgIpc) is 2.50. The van der Waals surface area contributed by atoms with Crippen molar-refractivity contribution in [3.63, 3.8) is 0 Å². The van der Waals surface area contributed by atoms with Crippen molar-refractivity contribution in [2.45, 2.75) is 33.2 Å². The maximum Gasteiger partial charge on any atom is 0.276 e. The van der Waals surface area contributed by atoms with E-state index in [-0.39, 0.29) is 5.91 Å². The summed E-state index contributed by atoms with van der Waals surface area (Å²) in [7, 11) is 0. The number of hydrogen-bond donors (Lipinski definition) is 2. The molecule has 1 heterocycles. The summed E-state index contributed by atoms with van der Waals surface area (Å²) < 4.78 is 0. The van der Waals surface area contributed by atoms with Gasteiger partial charge in [-0.05, 0) is 44.5 Å². The summed E-state index contributed by atoms with van der Waals surface area (Å²) in [4.78, 5) is 12.1. The lowest BCUT2D eigenvalue weighted by atomic mass is 10.2. The van der Waals surface area contributed by atoms with Gasteiger partial charge in [0.2, 0.25) is 0 Å². The smallest absolute Gasteiger partial charge is 0.276 e. The fourth-order valence-electron chi connectivity index (χ4n) is 1.72. The van der Waals surface area contributed by atoms with E-state index in [0.29, 0.717) is 17.6 Å². The minimum absolute atomic E-state index is 0.263. The molecule has 1 atom stereocenters. The van der Waals surface area contributed by atoms with Crippen LogP contribution in [0.5, 0.6) is 0 Å². The molecule has 1 aromatic heterocycles. The summed E-state index contributed by atoms with van der Waals surface area (Å²) in [6.07, 6.45) is 0.997. The van der Waals surface area contributed by atoms with Crippen molar-refractivity contribution < 1.29 is 4.79 Å². The van der Waals surface area contributed by atoms with Gasteiger partial charge in [-0.2, -0.15) is 0 Å². The molecule has 21 heavy (non-hydrogen) atoms. The first-order valence-electron chi connectivity index (χ1n) is 7.06. The molecule has 2 rings (SSSR count). The van der Waals surface area contributed by atoms with Crippen molar-refractivity contribution in [1.82, 2.24) is 10.2 Å². The molecule has 0 bridgehead atoms. The van der Waals surface area contributed by atoms with Crippen molar-refractivity contribution in [2.24, 2.45) is 0 Å². The molecule has 2 aromatic rings. The first kappa shape index (κ1) is 15.0. The van der Waals surface area contributed by atoms with Gasteiger partial charge in [0.05, 0.1) is 0 Å². The van der Waals surface area contributed by atoms with Gasteiger partial charge in [0.25, 0.3) is 5.91 Å². The van der Waals surface area contributed by atoms with Crippen molar-refractivity contribution in [1.29, 1.82) is 0 Å². The summed E-state index contributed by atoms with van der Waals surface area (Å²) in [5, 5.41) is 14.0. The van der Waals surface area contributed by atoms with Gasteiger partial charge >= 0.3 is 0 Å². The summed E-state index contributed by atoms with van der Waals surface area (Å²) in [5.41, 5.74) is 2.19. The van der Waals surface area contributed by atoms with Gasteiger partial charge in [0.15, 0.2) is 5.69 Å². The van der Waals surface area contributed by atoms with E-state index in [1.54, 1.807) is 12.1 Å². The number of nitrogens with zero attached hydrogens (tertiary/aromatic N) is 2. The number of nitrogens with one attached hydrogen (secondary N) is 2. The van der Waals surface area contributed by atoms with E-state index in [4.69, 9.17) is 0 Å². The molecule has 0 aliphatic carbocycles. The standard InChI is InChI=1S/C16H20N4O/c1-4-12(3)17-15-10-9-14(19-20-15)16(21)18-13-7-5-11(2)6-8-13/h5-10,12H,4H2,1-3H3,(H,17,20)(H,18,21). The highest BCUT2D eigenvalue weighted by Gasteiger charge is 2.09. The van der Waals surface area contributed by atoms with Gasteiger partial charge < -0.3 is 10.6 Å². The molecule has 0 spiro atoms. The van der Waals surface area contributed by atoms with Crippen LogP contribution in [-0.2, 0) is 0 Å². The maximum absolute atomic E-state index is 12.1. The van der Waals surface area contributed by atoms with E-state index in [2.05, 4.69) is 34.7 Å². The van der Waals surface area contributed by atoms with E-state index in [0.717, 1.165) is 17.7 Å². The highest BCUT2D eigenvalue weighted by molar-refractivity contribution is 6.02. The van der Waals surface area contributed by atoms with Crippen LogP contribution in [0.4, 0.5) is 11.5 Å². The van der Waals surface area contributed by atoms with Crippen LogP contribution in [0.2, 0.25) is 0 Å². The molecular weight excluding hydrogens is 264 g/mol. The van der Waals surface area contributed by atoms with E-state index < -0.39 is 0 Å². The van der Waals surface area contributed by atoms with Crippen molar-refractivity contribution in [3.05, 3.63) is 47.7 Å². The molecule has 0 saturated carbocycles. The molecule has 1 amide bonds. The first-order chi connectivity index (χ1) is 10.1. The van der Waals surface area contributed by atoms with Gasteiger partial charge in [-0.3, -0.25) is 4.79 Å². The molecule has 5 heteroatoms. The Balaban J connectivity index is 2.01. The van der Waals surface area contributed by atoms with Gasteiger partial charge in [0, 0.05) is 11.7 Å². The molecule has 110 valence electrons. The number of carbonyl (C=O) groups excluding carboxylic acids is 1. The monoisotopic (exact) mass is 284 g/mol. The Morgan fingerprint density at radius 2 is 1.86 bits per heavy atom. The van der Waals surface area contributed by atoms with Gasteiger partial charge in [-0.1, -0.05) is 24.6 Å². The molecule has 1 aromatic carbocycles. The van der Waals surface area contributed by atoms with Crippen LogP contribution >= 0.6 is 0 Å². The van der Waals surface area contributed by atoms with Gasteiger partial charge in [0.1, 0.15) is 5.82 Å². The number of benzene rings is 1. The summed E-state index contributed by atoms with van der Waals surface area (Å²) in [6.45, 7) is 6.16. The topological polar surface area (TPSA) is 66.9 Å². The fourth-order valence-corrected chi connectivity index (χ4v) is 1.72. The van der Waals surface area contributed by atoms with Crippen molar-refractivity contribution in [3.8, 4) is 0 Å². The lowest BCUT2D eigenvalue weighted by Crippen LogP contribution is -2.17. The lowest BCUT2D eigenvalue weighted by Gasteiger charge is -2.11. The number of rotatable bonds is 5. The third kappa shape index (κ3) is 4.27. The van der Waals surface area contributed by atoms with E-state index in [1.165, 1.54) is 0 Å². The Morgan fingerprint density at radius 3 is 2.43 bits per heavy atom. The minimum Gasteiger partial charge on any atom is -0.366 e. The number of hydrogen-bond acceptors (Lipinski definition) is 4. The molecule has 0 saturated heterocycles. The van der Waals surface area contributed by atoms with Crippen LogP contribution in [-0.4, -0.2) is 22.1 Å². The largest absolute Gasteiger partial charge is 0.366 e. The van der Waals surface area contributed by atoms with Crippen molar-refractivity contribution in [2.75, 3.05) is 10.6 Å². The second-order valence-corrected chi connectivity index (χ2v) is 5.08. The third-order valence-electron chi connectivity index (χ3n) is 3.21. The van der Waals surface area contributed by atoms with E-state index in [9.17, 15) is 4.79 Å². The summed E-state index contributed by atoms with van der Waals surface area (Å²) >= 11 is 0. The van der Waals surface area contributed by atoms with E-state index >= 15 is 0 Å². The predicted octanol–water partition coefficient (Wildman–Crippen LogP) is 3.25. The number of aryl methyl sites for hydroxylation is 1. The fraction of sp³-hybridized carbons (Fsp3) is 0.312. The summed E-state index contributed by atoms with van der Waals surface area (Å²) in [5.74, 6) is 0.415. The Labute approximate surface area is 124 Å². The lowest BCUT2D eigenvalue weighted by molar-refractivity contribution is 0.102. The van der Waals surface area contributed by atoms with Crippen molar-refractivity contribution >= 4 is 17.4 Å². The molecular formula is C16H20N4O. The average molecular weight is 284 g/mol. The molecule has 1 unspecified atom stereocenters. The normalized spacial score (nSPS) is 11.8. The Morgan fingerprint density at radius 1 is 1.14 bits per heavy atom. The number of aromatic nitrogens is 2. The highest BCUT2D eigenvalue weighted by Crippen LogP contribution is 2.11. The summed E-state index contributed by atoms with van der Waals surface area (Å²) in [6, 6.07) is 11.4. The molecule has 0 aliphatic heterocycles. The quantitative estimate of drug-likeness (QED) is 0.884. The van der Waals surface area contributed by atoms with Crippen LogP contribution in [0.25, 0.3) is 0 Å². The first-order valence-corrected chi connectivity index (χ1v) is 7.06. The maximum atomic E-state index is 12.1. The zero-order valence-corrected chi connectivity index (χ0v) is 12.6. The van der Waals surface area contributed by atoms with Crippen LogP contribution in [0.1, 0.15) is 36.3 Å². The van der Waals surface area contributed by atoms with Crippen LogP contribution in [0, 0.1) is 6.92 Å². The number of amides is 1. The number of anilines is 2. The molecule has 2 N–H and O–H groups in total. The second-order valence-electron chi connectivity index (χ2n) is 5.08. The zero-order valence-electron chi connectivity index (χ0n) is 12.6. The third-order valence-corrected chi connectivity index (χ3v) is 3.21. The Hall–Kier alpha value is -2.43. The van der Waals surface area contributed by atoms with Crippen LogP contribution in [0.3, 0.4) is 0 Å². The second kappa shape index (κ2) is 6.83. The van der Waals surface area contributed by atoms with Gasteiger partial charge in [-0.25, -0.2) is 0 Å². The minimum atomic E-state index is -0.263. The van der Waals surface area contributed by atoms with Gasteiger partial charge in [-0.15, -0.1) is 10.2 Å². The van der Waals surface area contributed by atoms with Crippen LogP contribution in [0.15, 0.2) is 36.4 Å². The molecule has 0 fully saturated rings. The van der Waals surface area contributed by atoms with Crippen LogP contribution < -0.4 is 10.6 Å². The number of carbonyl (C=O) groups is 1. The highest BCUT2D eigenvalue weighted by atomic mass is 16.1. The van der Waals surface area contributed by atoms with E-state index in [1.807, 2.05) is 31.2 Å². The Bertz CT molecular complexity index is 593. The zero-order chi connectivity index (χ0) is 15.2. The molecule has 5 nitrogen and oxygen atoms in total.